The standard InChI is InChI=1S/C8H5F6NO2/c1-4-6(17-8(12,13)14)5(2-3-15-4)16-7(9,10)11/h2-3H,1H3. The summed E-state index contributed by atoms with van der Waals surface area (Å²) in [6, 6.07) is 0.627. The van der Waals surface area contributed by atoms with Crippen molar-refractivity contribution in [2.45, 2.75) is 19.6 Å². The topological polar surface area (TPSA) is 31.4 Å². The first-order chi connectivity index (χ1) is 7.58. The zero-order valence-electron chi connectivity index (χ0n) is 8.19. The number of rotatable bonds is 2. The maximum Gasteiger partial charge on any atom is 0.573 e. The van der Waals surface area contributed by atoms with E-state index in [1.807, 2.05) is 0 Å². The monoisotopic (exact) mass is 261 g/mol. The van der Waals surface area contributed by atoms with Gasteiger partial charge in [0.15, 0.2) is 11.5 Å². The van der Waals surface area contributed by atoms with E-state index in [1.165, 1.54) is 0 Å². The molecule has 0 spiro atoms. The lowest BCUT2D eigenvalue weighted by molar-refractivity contribution is -0.287. The Balaban J connectivity index is 3.09. The summed E-state index contributed by atoms with van der Waals surface area (Å²) in [5.74, 6) is -2.21. The van der Waals surface area contributed by atoms with Gasteiger partial charge < -0.3 is 9.47 Å². The van der Waals surface area contributed by atoms with E-state index in [9.17, 15) is 26.3 Å². The molecular formula is C8H5F6NO2. The summed E-state index contributed by atoms with van der Waals surface area (Å²) in [5.41, 5.74) is -0.371. The molecule has 0 saturated heterocycles. The third-order valence-corrected chi connectivity index (χ3v) is 1.49. The van der Waals surface area contributed by atoms with Crippen molar-refractivity contribution in [3.63, 3.8) is 0 Å². The van der Waals surface area contributed by atoms with Crippen LogP contribution >= 0.6 is 0 Å². The largest absolute Gasteiger partial charge is 0.573 e. The maximum atomic E-state index is 11.9. The zero-order valence-corrected chi connectivity index (χ0v) is 8.19. The predicted molar refractivity (Wildman–Crippen MR) is 42.3 cm³/mol. The fourth-order valence-corrected chi connectivity index (χ4v) is 0.974. The molecule has 17 heavy (non-hydrogen) atoms. The van der Waals surface area contributed by atoms with Crippen LogP contribution in [0.5, 0.6) is 11.5 Å². The first-order valence-electron chi connectivity index (χ1n) is 4.05. The quantitative estimate of drug-likeness (QED) is 0.766. The van der Waals surface area contributed by atoms with E-state index in [0.717, 1.165) is 13.1 Å². The second kappa shape index (κ2) is 4.30. The number of nitrogens with zero attached hydrogens (tertiary/aromatic N) is 1. The Kier molecular flexibility index (Phi) is 3.39. The predicted octanol–water partition coefficient (Wildman–Crippen LogP) is 3.19. The van der Waals surface area contributed by atoms with Crippen molar-refractivity contribution in [3.8, 4) is 11.5 Å². The molecule has 1 heterocycles. The molecule has 0 radical (unpaired) electrons. The molecule has 1 aromatic rings. The molecular weight excluding hydrogens is 256 g/mol. The van der Waals surface area contributed by atoms with Crippen molar-refractivity contribution in [2.75, 3.05) is 0 Å². The molecule has 0 amide bonds. The summed E-state index contributed by atoms with van der Waals surface area (Å²) in [5, 5.41) is 0. The lowest BCUT2D eigenvalue weighted by atomic mass is 10.3. The first-order valence-corrected chi connectivity index (χ1v) is 4.05. The van der Waals surface area contributed by atoms with Crippen molar-refractivity contribution in [1.29, 1.82) is 0 Å². The van der Waals surface area contributed by atoms with Crippen molar-refractivity contribution in [3.05, 3.63) is 18.0 Å². The molecule has 0 aliphatic rings. The summed E-state index contributed by atoms with van der Waals surface area (Å²) >= 11 is 0. The summed E-state index contributed by atoms with van der Waals surface area (Å²) in [6.07, 6.45) is -9.37. The highest BCUT2D eigenvalue weighted by molar-refractivity contribution is 5.42. The van der Waals surface area contributed by atoms with Gasteiger partial charge in [-0.25, -0.2) is 0 Å². The molecule has 0 saturated carbocycles. The second-order valence-electron chi connectivity index (χ2n) is 2.82. The van der Waals surface area contributed by atoms with E-state index in [0.29, 0.717) is 6.07 Å². The average molecular weight is 261 g/mol. The molecule has 0 fully saturated rings. The number of halogens is 6. The average Bonchev–Trinajstić information content (AvgIpc) is 2.07. The normalized spacial score (nSPS) is 12.4. The van der Waals surface area contributed by atoms with Gasteiger partial charge in [-0.2, -0.15) is 0 Å². The number of aryl methyl sites for hydroxylation is 1. The molecule has 0 aliphatic heterocycles. The van der Waals surface area contributed by atoms with E-state index in [2.05, 4.69) is 14.5 Å². The highest BCUT2D eigenvalue weighted by Gasteiger charge is 2.37. The number of hydrogen-bond donors (Lipinski definition) is 0. The number of pyridine rings is 1. The highest BCUT2D eigenvalue weighted by Crippen LogP contribution is 2.36. The Morgan fingerprint density at radius 1 is 1.00 bits per heavy atom. The molecule has 0 unspecified atom stereocenters. The maximum absolute atomic E-state index is 11.9. The Morgan fingerprint density at radius 3 is 2.00 bits per heavy atom. The summed E-state index contributed by atoms with van der Waals surface area (Å²) in [4.78, 5) is 3.38. The van der Waals surface area contributed by atoms with Gasteiger partial charge in [0, 0.05) is 12.3 Å². The van der Waals surface area contributed by atoms with Crippen molar-refractivity contribution in [2.24, 2.45) is 0 Å². The van der Waals surface area contributed by atoms with E-state index < -0.39 is 24.2 Å². The first kappa shape index (κ1) is 13.4. The van der Waals surface area contributed by atoms with Crippen LogP contribution in [-0.2, 0) is 0 Å². The van der Waals surface area contributed by atoms with Gasteiger partial charge in [0.1, 0.15) is 0 Å². The van der Waals surface area contributed by atoms with Crippen LogP contribution in [-0.4, -0.2) is 17.7 Å². The van der Waals surface area contributed by atoms with Crippen LogP contribution in [0.25, 0.3) is 0 Å². The SMILES string of the molecule is Cc1nccc(OC(F)(F)F)c1OC(F)(F)F. The van der Waals surface area contributed by atoms with Crippen LogP contribution in [0.4, 0.5) is 26.3 Å². The van der Waals surface area contributed by atoms with Crippen LogP contribution < -0.4 is 9.47 Å². The van der Waals surface area contributed by atoms with Gasteiger partial charge in [-0.15, -0.1) is 26.3 Å². The van der Waals surface area contributed by atoms with Crippen LogP contribution in [0.1, 0.15) is 5.69 Å². The Morgan fingerprint density at radius 2 is 1.53 bits per heavy atom. The van der Waals surface area contributed by atoms with Crippen LogP contribution in [0.3, 0.4) is 0 Å². The lowest BCUT2D eigenvalue weighted by Crippen LogP contribution is -2.22. The minimum Gasteiger partial charge on any atom is -0.402 e. The molecule has 1 aromatic heterocycles. The van der Waals surface area contributed by atoms with Crippen molar-refractivity contribution >= 4 is 0 Å². The summed E-state index contributed by atoms with van der Waals surface area (Å²) in [6.45, 7) is 1.06. The Labute approximate surface area is 91.0 Å². The van der Waals surface area contributed by atoms with Crippen LogP contribution in [0, 0.1) is 6.92 Å². The molecule has 0 bridgehead atoms. The molecule has 0 aliphatic carbocycles. The third kappa shape index (κ3) is 4.37. The van der Waals surface area contributed by atoms with Gasteiger partial charge in [0.25, 0.3) is 0 Å². The molecule has 0 N–H and O–H groups in total. The number of alkyl halides is 6. The van der Waals surface area contributed by atoms with Gasteiger partial charge in [-0.1, -0.05) is 0 Å². The Hall–Kier alpha value is -1.67. The molecule has 0 aromatic carbocycles. The summed E-state index contributed by atoms with van der Waals surface area (Å²) < 4.78 is 78.4. The molecule has 1 rings (SSSR count). The number of aromatic nitrogens is 1. The van der Waals surface area contributed by atoms with Gasteiger partial charge in [-0.3, -0.25) is 4.98 Å². The van der Waals surface area contributed by atoms with Gasteiger partial charge in [-0.05, 0) is 6.92 Å². The minimum absolute atomic E-state index is 0.371. The zero-order chi connectivity index (χ0) is 13.3. The fourth-order valence-electron chi connectivity index (χ4n) is 0.974. The van der Waals surface area contributed by atoms with E-state index >= 15 is 0 Å². The minimum atomic E-state index is -5.13. The van der Waals surface area contributed by atoms with Crippen molar-refractivity contribution in [1.82, 2.24) is 4.98 Å². The number of ether oxygens (including phenoxy) is 2. The fraction of sp³-hybridized carbons (Fsp3) is 0.375. The summed E-state index contributed by atoms with van der Waals surface area (Å²) in [7, 11) is 0. The molecule has 0 atom stereocenters. The molecule has 9 heteroatoms. The number of hydrogen-bond acceptors (Lipinski definition) is 3. The van der Waals surface area contributed by atoms with E-state index in [1.54, 1.807) is 0 Å². The smallest absolute Gasteiger partial charge is 0.402 e. The van der Waals surface area contributed by atoms with E-state index in [4.69, 9.17) is 0 Å². The molecule has 96 valence electrons. The van der Waals surface area contributed by atoms with Gasteiger partial charge >= 0.3 is 12.7 Å². The Bertz CT molecular complexity index is 400. The van der Waals surface area contributed by atoms with E-state index in [-0.39, 0.29) is 5.69 Å². The highest BCUT2D eigenvalue weighted by atomic mass is 19.4. The van der Waals surface area contributed by atoms with Gasteiger partial charge in [0.2, 0.25) is 0 Å². The van der Waals surface area contributed by atoms with Crippen molar-refractivity contribution < 1.29 is 35.8 Å². The van der Waals surface area contributed by atoms with Gasteiger partial charge in [0.05, 0.1) is 5.69 Å². The second-order valence-corrected chi connectivity index (χ2v) is 2.82. The van der Waals surface area contributed by atoms with Crippen LogP contribution in [0.15, 0.2) is 12.3 Å². The third-order valence-electron chi connectivity index (χ3n) is 1.49. The van der Waals surface area contributed by atoms with Crippen LogP contribution in [0.2, 0.25) is 0 Å². The lowest BCUT2D eigenvalue weighted by Gasteiger charge is -2.16. The molecule has 3 nitrogen and oxygen atoms in total.